The number of nitrogens with zero attached hydrogens (tertiary/aromatic N) is 3. The van der Waals surface area contributed by atoms with Crippen molar-refractivity contribution in [1.82, 2.24) is 19.9 Å². The van der Waals surface area contributed by atoms with Crippen LogP contribution in [0.1, 0.15) is 62.0 Å². The summed E-state index contributed by atoms with van der Waals surface area (Å²) in [6.07, 6.45) is 5.55. The second kappa shape index (κ2) is 10.9. The predicted molar refractivity (Wildman–Crippen MR) is 145 cm³/mol. The van der Waals surface area contributed by atoms with E-state index in [9.17, 15) is 4.79 Å². The topological polar surface area (TPSA) is 71.8 Å². The summed E-state index contributed by atoms with van der Waals surface area (Å²) in [4.78, 5) is 22.3. The Morgan fingerprint density at radius 3 is 2.28 bits per heavy atom. The summed E-state index contributed by atoms with van der Waals surface area (Å²) in [7, 11) is 0. The molecule has 186 valence electrons. The Kier molecular flexibility index (Phi) is 7.65. The van der Waals surface area contributed by atoms with Crippen LogP contribution >= 0.6 is 0 Å². The van der Waals surface area contributed by atoms with E-state index < -0.39 is 6.04 Å². The van der Waals surface area contributed by atoms with E-state index in [0.29, 0.717) is 12.4 Å². The lowest BCUT2D eigenvalue weighted by Gasteiger charge is -2.21. The van der Waals surface area contributed by atoms with Crippen LogP contribution in [0.25, 0.3) is 5.69 Å². The number of amides is 1. The smallest absolute Gasteiger partial charge is 0.247 e. The number of aryl methyl sites for hydroxylation is 1. The van der Waals surface area contributed by atoms with Crippen LogP contribution in [0, 0.1) is 6.92 Å². The number of pyridine rings is 1. The van der Waals surface area contributed by atoms with E-state index in [-0.39, 0.29) is 17.2 Å². The second-order valence-electron chi connectivity index (χ2n) is 10.4. The number of imidazole rings is 1. The van der Waals surface area contributed by atoms with Gasteiger partial charge in [-0.2, -0.15) is 0 Å². The third-order valence-corrected chi connectivity index (χ3v) is 6.32. The van der Waals surface area contributed by atoms with Gasteiger partial charge in [0.05, 0.1) is 23.9 Å². The molecule has 4 rings (SSSR count). The summed E-state index contributed by atoms with van der Waals surface area (Å²) in [6, 6.07) is 21.6. The summed E-state index contributed by atoms with van der Waals surface area (Å²) in [6.45, 7) is 11.3. The molecule has 2 aromatic heterocycles. The molecule has 0 saturated heterocycles. The van der Waals surface area contributed by atoms with Gasteiger partial charge in [0.25, 0.3) is 0 Å². The molecule has 2 atom stereocenters. The van der Waals surface area contributed by atoms with Gasteiger partial charge in [0, 0.05) is 18.2 Å². The van der Waals surface area contributed by atoms with Crippen molar-refractivity contribution in [3.05, 3.63) is 108 Å². The van der Waals surface area contributed by atoms with E-state index in [0.717, 1.165) is 16.9 Å². The molecule has 0 radical (unpaired) electrons. The summed E-state index contributed by atoms with van der Waals surface area (Å²) in [5.41, 5.74) is 5.27. The van der Waals surface area contributed by atoms with Gasteiger partial charge in [0.1, 0.15) is 11.9 Å². The summed E-state index contributed by atoms with van der Waals surface area (Å²) in [5.74, 6) is 0.625. The third kappa shape index (κ3) is 6.26. The highest BCUT2D eigenvalue weighted by atomic mass is 16.2. The molecular weight excluding hydrogens is 446 g/mol. The van der Waals surface area contributed by atoms with Gasteiger partial charge in [-0.1, -0.05) is 87.9 Å². The van der Waals surface area contributed by atoms with Crippen LogP contribution in [-0.4, -0.2) is 27.0 Å². The van der Waals surface area contributed by atoms with Crippen LogP contribution in [0.5, 0.6) is 0 Å². The van der Waals surface area contributed by atoms with Crippen molar-refractivity contribution in [2.75, 3.05) is 11.9 Å². The number of benzene rings is 2. The fourth-order valence-electron chi connectivity index (χ4n) is 3.98. The molecule has 0 aliphatic carbocycles. The van der Waals surface area contributed by atoms with Gasteiger partial charge >= 0.3 is 0 Å². The van der Waals surface area contributed by atoms with Crippen molar-refractivity contribution in [2.24, 2.45) is 0 Å². The van der Waals surface area contributed by atoms with E-state index in [1.807, 2.05) is 53.2 Å². The van der Waals surface area contributed by atoms with Crippen molar-refractivity contribution >= 4 is 11.7 Å². The van der Waals surface area contributed by atoms with Gasteiger partial charge in [-0.15, -0.1) is 0 Å². The number of carbonyl (C=O) groups is 1. The molecule has 6 heteroatoms. The largest absolute Gasteiger partial charge is 0.309 e. The van der Waals surface area contributed by atoms with Gasteiger partial charge in [-0.3, -0.25) is 4.79 Å². The van der Waals surface area contributed by atoms with E-state index in [1.54, 1.807) is 12.5 Å². The van der Waals surface area contributed by atoms with E-state index >= 15 is 0 Å². The standard InChI is InChI=1S/C30H35N5O/c1-21-11-13-23(14-12-21)22(2)17-32-28(24-9-7-6-8-10-24)29(36)34-27-16-15-25(18-31-27)35-19-26(33-20-35)30(3,4)5/h6-16,18-20,22,28,32H,17H2,1-5H3,(H,31,34,36)/t22-,28-/m1/s1. The molecule has 0 aliphatic rings. The highest BCUT2D eigenvalue weighted by molar-refractivity contribution is 5.94. The molecule has 0 bridgehead atoms. The highest BCUT2D eigenvalue weighted by Crippen LogP contribution is 2.22. The molecular formula is C30H35N5O. The van der Waals surface area contributed by atoms with Crippen LogP contribution in [0.4, 0.5) is 5.82 Å². The Morgan fingerprint density at radius 2 is 1.67 bits per heavy atom. The van der Waals surface area contributed by atoms with Crippen LogP contribution in [0.15, 0.2) is 85.5 Å². The number of hydrogen-bond acceptors (Lipinski definition) is 4. The molecule has 2 aromatic carbocycles. The number of rotatable bonds is 8. The molecule has 4 aromatic rings. The molecule has 2 N–H and O–H groups in total. The fourth-order valence-corrected chi connectivity index (χ4v) is 3.98. The minimum absolute atomic E-state index is 0.0248. The van der Waals surface area contributed by atoms with Crippen LogP contribution < -0.4 is 10.6 Å². The number of hydrogen-bond donors (Lipinski definition) is 2. The van der Waals surface area contributed by atoms with Crippen molar-refractivity contribution in [1.29, 1.82) is 0 Å². The zero-order chi connectivity index (χ0) is 25.7. The first-order valence-corrected chi connectivity index (χ1v) is 12.4. The summed E-state index contributed by atoms with van der Waals surface area (Å²) >= 11 is 0. The predicted octanol–water partition coefficient (Wildman–Crippen LogP) is 5.95. The number of carbonyl (C=O) groups excluding carboxylic acids is 1. The number of nitrogens with one attached hydrogen (secondary N) is 2. The van der Waals surface area contributed by atoms with Crippen molar-refractivity contribution < 1.29 is 4.79 Å². The van der Waals surface area contributed by atoms with E-state index in [4.69, 9.17) is 0 Å². The summed E-state index contributed by atoms with van der Waals surface area (Å²) < 4.78 is 1.94. The molecule has 6 nitrogen and oxygen atoms in total. The first kappa shape index (κ1) is 25.3. The van der Waals surface area contributed by atoms with Gasteiger partial charge in [0.2, 0.25) is 5.91 Å². The van der Waals surface area contributed by atoms with Gasteiger partial charge < -0.3 is 15.2 Å². The Balaban J connectivity index is 1.46. The van der Waals surface area contributed by atoms with Crippen LogP contribution in [0.2, 0.25) is 0 Å². The number of anilines is 1. The third-order valence-electron chi connectivity index (χ3n) is 6.32. The molecule has 0 aliphatic heterocycles. The second-order valence-corrected chi connectivity index (χ2v) is 10.4. The van der Waals surface area contributed by atoms with Gasteiger partial charge in [0.15, 0.2) is 0 Å². The van der Waals surface area contributed by atoms with E-state index in [1.165, 1.54) is 11.1 Å². The molecule has 2 heterocycles. The zero-order valence-corrected chi connectivity index (χ0v) is 21.7. The van der Waals surface area contributed by atoms with E-state index in [2.05, 4.69) is 79.5 Å². The summed E-state index contributed by atoms with van der Waals surface area (Å²) in [5, 5.41) is 6.45. The Bertz CT molecular complexity index is 1270. The minimum atomic E-state index is -0.497. The Morgan fingerprint density at radius 1 is 0.944 bits per heavy atom. The van der Waals surface area contributed by atoms with Crippen LogP contribution in [-0.2, 0) is 10.2 Å². The lowest BCUT2D eigenvalue weighted by atomic mass is 9.93. The van der Waals surface area contributed by atoms with Crippen LogP contribution in [0.3, 0.4) is 0 Å². The molecule has 0 unspecified atom stereocenters. The average molecular weight is 482 g/mol. The Hall–Kier alpha value is -3.77. The van der Waals surface area contributed by atoms with Gasteiger partial charge in [-0.25, -0.2) is 9.97 Å². The Labute approximate surface area is 213 Å². The first-order valence-electron chi connectivity index (χ1n) is 12.4. The molecule has 1 amide bonds. The maximum Gasteiger partial charge on any atom is 0.247 e. The molecule has 0 fully saturated rings. The molecule has 0 saturated carbocycles. The maximum atomic E-state index is 13.3. The van der Waals surface area contributed by atoms with Crippen molar-refractivity contribution in [2.45, 2.75) is 52.0 Å². The SMILES string of the molecule is Cc1ccc([C@H](C)CN[C@@H](C(=O)Nc2ccc(-n3cnc(C(C)(C)C)c3)cn2)c2ccccc2)cc1. The first-order chi connectivity index (χ1) is 17.2. The highest BCUT2D eigenvalue weighted by Gasteiger charge is 2.22. The zero-order valence-electron chi connectivity index (χ0n) is 21.7. The van der Waals surface area contributed by atoms with Crippen molar-refractivity contribution in [3.63, 3.8) is 0 Å². The molecule has 36 heavy (non-hydrogen) atoms. The lowest BCUT2D eigenvalue weighted by Crippen LogP contribution is -2.35. The van der Waals surface area contributed by atoms with Gasteiger partial charge in [-0.05, 0) is 36.1 Å². The maximum absolute atomic E-state index is 13.3. The monoisotopic (exact) mass is 481 g/mol. The van der Waals surface area contributed by atoms with Crippen molar-refractivity contribution in [3.8, 4) is 5.69 Å². The minimum Gasteiger partial charge on any atom is -0.309 e. The quantitative estimate of drug-likeness (QED) is 0.326. The average Bonchev–Trinajstić information content (AvgIpc) is 3.37. The number of aromatic nitrogens is 3. The fraction of sp³-hybridized carbons (Fsp3) is 0.300. The lowest BCUT2D eigenvalue weighted by molar-refractivity contribution is -0.118. The normalized spacial score (nSPS) is 13.2. The molecule has 0 spiro atoms.